The van der Waals surface area contributed by atoms with Gasteiger partial charge in [0.1, 0.15) is 11.3 Å². The van der Waals surface area contributed by atoms with Gasteiger partial charge in [0, 0.05) is 30.9 Å². The molecule has 0 bridgehead atoms. The van der Waals surface area contributed by atoms with Crippen LogP contribution in [0.5, 0.6) is 0 Å². The fourth-order valence-electron chi connectivity index (χ4n) is 4.14. The number of pyridine rings is 1. The second-order valence-corrected chi connectivity index (χ2v) is 7.74. The summed E-state index contributed by atoms with van der Waals surface area (Å²) in [4.78, 5) is 9.73. The molecular weight excluding hydrogens is 386 g/mol. The number of fused-ring (bicyclic) bond motifs is 1. The summed E-state index contributed by atoms with van der Waals surface area (Å²) in [7, 11) is 1.82. The average molecular weight is 409 g/mol. The van der Waals surface area contributed by atoms with Crippen LogP contribution >= 0.6 is 0 Å². The molecule has 154 valence electrons. The third kappa shape index (κ3) is 3.18. The number of nitrogens with zero attached hydrogens (tertiary/aromatic N) is 7. The van der Waals surface area contributed by atoms with Gasteiger partial charge < -0.3 is 4.57 Å². The minimum atomic E-state index is 0.665. The van der Waals surface area contributed by atoms with E-state index in [2.05, 4.69) is 83.3 Å². The maximum atomic E-state index is 5.01. The maximum absolute atomic E-state index is 5.01. The molecule has 0 spiro atoms. The number of rotatable bonds is 4. The predicted octanol–water partition coefficient (Wildman–Crippen LogP) is 4.59. The molecule has 7 heteroatoms. The molecule has 7 nitrogen and oxygen atoms in total. The van der Waals surface area contributed by atoms with Crippen LogP contribution < -0.4 is 0 Å². The molecule has 3 heterocycles. The third-order valence-electron chi connectivity index (χ3n) is 5.62. The van der Waals surface area contributed by atoms with Crippen LogP contribution in [0.15, 0.2) is 54.7 Å². The van der Waals surface area contributed by atoms with Crippen molar-refractivity contribution in [1.82, 2.24) is 34.7 Å². The van der Waals surface area contributed by atoms with Crippen molar-refractivity contribution >= 4 is 11.2 Å². The van der Waals surface area contributed by atoms with Gasteiger partial charge in [0.15, 0.2) is 11.5 Å². The maximum Gasteiger partial charge on any atom is 0.183 e. The van der Waals surface area contributed by atoms with Crippen LogP contribution in [0.25, 0.3) is 45.1 Å². The topological polar surface area (TPSA) is 74.3 Å². The molecule has 3 aromatic heterocycles. The summed E-state index contributed by atoms with van der Waals surface area (Å²) in [6.45, 7) is 7.16. The van der Waals surface area contributed by atoms with E-state index in [1.165, 1.54) is 22.3 Å². The Morgan fingerprint density at radius 1 is 0.903 bits per heavy atom. The second-order valence-electron chi connectivity index (χ2n) is 7.74. The zero-order chi connectivity index (χ0) is 21.5. The molecule has 0 fully saturated rings. The zero-order valence-electron chi connectivity index (χ0n) is 18.0. The lowest BCUT2D eigenvalue weighted by Crippen LogP contribution is -2.00. The first kappa shape index (κ1) is 19.1. The molecule has 0 saturated carbocycles. The Labute approximate surface area is 180 Å². The Balaban J connectivity index is 1.72. The van der Waals surface area contributed by atoms with Crippen molar-refractivity contribution in [3.8, 4) is 33.9 Å². The molecule has 31 heavy (non-hydrogen) atoms. The monoisotopic (exact) mass is 409 g/mol. The molecule has 0 aliphatic carbocycles. The van der Waals surface area contributed by atoms with Gasteiger partial charge in [0.25, 0.3) is 0 Å². The smallest absolute Gasteiger partial charge is 0.183 e. The Bertz CT molecular complexity index is 1410. The van der Waals surface area contributed by atoms with Gasteiger partial charge in [-0.15, -0.1) is 5.10 Å². The number of tetrazole rings is 1. The molecular formula is C24H23N7. The van der Waals surface area contributed by atoms with E-state index in [1.54, 1.807) is 4.68 Å². The number of aromatic nitrogens is 7. The van der Waals surface area contributed by atoms with E-state index in [0.717, 1.165) is 34.7 Å². The minimum Gasteiger partial charge on any atom is -0.309 e. The molecule has 0 N–H and O–H groups in total. The van der Waals surface area contributed by atoms with Gasteiger partial charge in [-0.1, -0.05) is 48.0 Å². The molecule has 5 aromatic rings. The summed E-state index contributed by atoms with van der Waals surface area (Å²) < 4.78 is 3.80. The summed E-state index contributed by atoms with van der Waals surface area (Å²) in [5, 5.41) is 11.8. The quantitative estimate of drug-likeness (QED) is 0.434. The van der Waals surface area contributed by atoms with Crippen LogP contribution in [0.3, 0.4) is 0 Å². The summed E-state index contributed by atoms with van der Waals surface area (Å²) in [5.41, 5.74) is 8.51. The van der Waals surface area contributed by atoms with Crippen molar-refractivity contribution in [3.05, 3.63) is 65.9 Å². The highest BCUT2D eigenvalue weighted by Gasteiger charge is 2.18. The van der Waals surface area contributed by atoms with E-state index in [-0.39, 0.29) is 0 Å². The first-order valence-corrected chi connectivity index (χ1v) is 10.3. The average Bonchev–Trinajstić information content (AvgIpc) is 3.36. The lowest BCUT2D eigenvalue weighted by molar-refractivity contribution is 0.714. The summed E-state index contributed by atoms with van der Waals surface area (Å²) in [5.74, 6) is 1.58. The zero-order valence-corrected chi connectivity index (χ0v) is 18.0. The second kappa shape index (κ2) is 7.43. The highest BCUT2D eigenvalue weighted by Crippen LogP contribution is 2.35. The van der Waals surface area contributed by atoms with Crippen molar-refractivity contribution in [2.45, 2.75) is 27.3 Å². The van der Waals surface area contributed by atoms with E-state index in [4.69, 9.17) is 9.97 Å². The number of hydrogen-bond acceptors (Lipinski definition) is 5. The summed E-state index contributed by atoms with van der Waals surface area (Å²) in [6.07, 6.45) is 1.81. The highest BCUT2D eigenvalue weighted by molar-refractivity contribution is 5.87. The summed E-state index contributed by atoms with van der Waals surface area (Å²) >= 11 is 0. The van der Waals surface area contributed by atoms with E-state index in [0.29, 0.717) is 5.82 Å². The van der Waals surface area contributed by atoms with Crippen molar-refractivity contribution < 1.29 is 0 Å². The van der Waals surface area contributed by atoms with Crippen LogP contribution in [0.2, 0.25) is 0 Å². The number of hydrogen-bond donors (Lipinski definition) is 0. The fraction of sp³-hybridized carbons (Fsp3) is 0.208. The third-order valence-corrected chi connectivity index (χ3v) is 5.62. The van der Waals surface area contributed by atoms with Crippen molar-refractivity contribution in [3.63, 3.8) is 0 Å². The Hall–Kier alpha value is -3.87. The van der Waals surface area contributed by atoms with E-state index in [1.807, 2.05) is 19.3 Å². The largest absolute Gasteiger partial charge is 0.309 e. The molecule has 0 atom stereocenters. The van der Waals surface area contributed by atoms with Gasteiger partial charge in [0.05, 0.1) is 0 Å². The molecule has 2 aromatic carbocycles. The molecule has 0 aliphatic rings. The van der Waals surface area contributed by atoms with Crippen LogP contribution in [-0.2, 0) is 13.6 Å². The summed E-state index contributed by atoms with van der Waals surface area (Å²) in [6, 6.07) is 17.0. The first-order valence-electron chi connectivity index (χ1n) is 10.3. The molecule has 0 unspecified atom stereocenters. The standard InChI is InChI=1S/C24H23N7/c1-5-31-23(20-9-7-6-8-19(20)18-11-10-15(2)12-16(18)3)26-21-13-17(14-25-24(21)31)22-27-28-29-30(22)4/h6-14H,5H2,1-4H3. The lowest BCUT2D eigenvalue weighted by atomic mass is 9.94. The van der Waals surface area contributed by atoms with Crippen molar-refractivity contribution in [1.29, 1.82) is 0 Å². The number of imidazole rings is 1. The minimum absolute atomic E-state index is 0.665. The van der Waals surface area contributed by atoms with Crippen molar-refractivity contribution in [2.24, 2.45) is 7.05 Å². The molecule has 0 amide bonds. The van der Waals surface area contributed by atoms with Gasteiger partial charge >= 0.3 is 0 Å². The van der Waals surface area contributed by atoms with Gasteiger partial charge in [-0.2, -0.15) is 0 Å². The molecule has 5 rings (SSSR count). The van der Waals surface area contributed by atoms with Crippen LogP contribution in [0, 0.1) is 13.8 Å². The Morgan fingerprint density at radius 3 is 2.42 bits per heavy atom. The molecule has 0 saturated heterocycles. The lowest BCUT2D eigenvalue weighted by Gasteiger charge is -2.13. The molecule has 0 aliphatic heterocycles. The Morgan fingerprint density at radius 2 is 1.71 bits per heavy atom. The van der Waals surface area contributed by atoms with Gasteiger partial charge in [-0.05, 0) is 54.0 Å². The van der Waals surface area contributed by atoms with E-state index < -0.39 is 0 Å². The SMILES string of the molecule is CCn1c(-c2ccccc2-c2ccc(C)cc2C)nc2cc(-c3nnnn3C)cnc21. The van der Waals surface area contributed by atoms with Gasteiger partial charge in [0.2, 0.25) is 0 Å². The van der Waals surface area contributed by atoms with E-state index in [9.17, 15) is 0 Å². The molecule has 0 radical (unpaired) electrons. The highest BCUT2D eigenvalue weighted by atomic mass is 15.5. The number of aryl methyl sites for hydroxylation is 4. The first-order chi connectivity index (χ1) is 15.1. The van der Waals surface area contributed by atoms with Gasteiger partial charge in [-0.25, -0.2) is 14.6 Å². The van der Waals surface area contributed by atoms with Crippen molar-refractivity contribution in [2.75, 3.05) is 0 Å². The van der Waals surface area contributed by atoms with Gasteiger partial charge in [-0.3, -0.25) is 0 Å². The van der Waals surface area contributed by atoms with Crippen LogP contribution in [0.4, 0.5) is 0 Å². The predicted molar refractivity (Wildman–Crippen MR) is 121 cm³/mol. The fourth-order valence-corrected chi connectivity index (χ4v) is 4.14. The normalized spacial score (nSPS) is 11.4. The van der Waals surface area contributed by atoms with E-state index >= 15 is 0 Å². The Kier molecular flexibility index (Phi) is 4.58. The van der Waals surface area contributed by atoms with Crippen LogP contribution in [0.1, 0.15) is 18.1 Å². The number of benzene rings is 2. The van der Waals surface area contributed by atoms with Crippen LogP contribution in [-0.4, -0.2) is 34.7 Å².